The van der Waals surface area contributed by atoms with E-state index in [4.69, 9.17) is 22.3 Å². The average Bonchev–Trinajstić information content (AvgIpc) is 2.41. The summed E-state index contributed by atoms with van der Waals surface area (Å²) in [6.07, 6.45) is 4.04. The molecular weight excluding hydrogens is 226 g/mol. The van der Waals surface area contributed by atoms with Crippen LogP contribution in [0.2, 0.25) is 0 Å². The van der Waals surface area contributed by atoms with Gasteiger partial charge < -0.3 is 10.5 Å². The Morgan fingerprint density at radius 3 is 2.67 bits per heavy atom. The third-order valence-electron chi connectivity index (χ3n) is 3.23. The topological polar surface area (TPSA) is 63.4 Å². The van der Waals surface area contributed by atoms with E-state index in [1.165, 1.54) is 0 Å². The van der Waals surface area contributed by atoms with Gasteiger partial charge in [-0.2, -0.15) is 5.26 Å². The molecular formula is C14H15N3O. The van der Waals surface area contributed by atoms with Gasteiger partial charge in [-0.25, -0.2) is 4.85 Å². The molecule has 4 heteroatoms. The van der Waals surface area contributed by atoms with Crippen LogP contribution in [0.5, 0.6) is 5.75 Å². The smallest absolute Gasteiger partial charge is 0.204 e. The fraction of sp³-hybridized carbons (Fsp3) is 0.429. The number of ether oxygens (including phenoxy) is 1. The number of nitriles is 1. The third kappa shape index (κ3) is 2.80. The molecule has 18 heavy (non-hydrogen) atoms. The van der Waals surface area contributed by atoms with Crippen LogP contribution in [-0.2, 0) is 0 Å². The van der Waals surface area contributed by atoms with Gasteiger partial charge in [0.15, 0.2) is 0 Å². The van der Waals surface area contributed by atoms with Crippen LogP contribution in [0.25, 0.3) is 4.85 Å². The van der Waals surface area contributed by atoms with Crippen molar-refractivity contribution in [3.63, 3.8) is 0 Å². The number of rotatable bonds is 2. The molecule has 0 bridgehead atoms. The van der Waals surface area contributed by atoms with Crippen LogP contribution in [0, 0.1) is 17.9 Å². The lowest BCUT2D eigenvalue weighted by atomic mass is 9.94. The summed E-state index contributed by atoms with van der Waals surface area (Å²) in [5.41, 5.74) is 6.58. The predicted octanol–water partition coefficient (Wildman–Crippen LogP) is 2.76. The Hall–Kier alpha value is -2.04. The molecule has 0 spiro atoms. The van der Waals surface area contributed by atoms with Crippen molar-refractivity contribution in [1.29, 1.82) is 5.26 Å². The monoisotopic (exact) mass is 241 g/mol. The Kier molecular flexibility index (Phi) is 3.82. The van der Waals surface area contributed by atoms with E-state index in [-0.39, 0.29) is 6.10 Å². The summed E-state index contributed by atoms with van der Waals surface area (Å²) in [5.74, 6) is 0.666. The first kappa shape index (κ1) is 12.4. The second-order valence-corrected chi connectivity index (χ2v) is 4.56. The Morgan fingerprint density at radius 1 is 1.33 bits per heavy atom. The third-order valence-corrected chi connectivity index (χ3v) is 3.23. The van der Waals surface area contributed by atoms with E-state index in [0.717, 1.165) is 25.7 Å². The maximum atomic E-state index is 8.95. The molecule has 0 unspecified atom stereocenters. The van der Waals surface area contributed by atoms with Gasteiger partial charge in [-0.15, -0.1) is 0 Å². The van der Waals surface area contributed by atoms with Gasteiger partial charge in [-0.1, -0.05) is 6.07 Å². The molecule has 0 aromatic heterocycles. The molecule has 2 N–H and O–H groups in total. The van der Waals surface area contributed by atoms with Crippen LogP contribution in [0.3, 0.4) is 0 Å². The van der Waals surface area contributed by atoms with Crippen LogP contribution in [0.4, 0.5) is 5.69 Å². The van der Waals surface area contributed by atoms with Crippen LogP contribution >= 0.6 is 0 Å². The summed E-state index contributed by atoms with van der Waals surface area (Å²) >= 11 is 0. The normalized spacial score (nSPS) is 22.8. The zero-order valence-electron chi connectivity index (χ0n) is 10.1. The second-order valence-electron chi connectivity index (χ2n) is 4.56. The summed E-state index contributed by atoms with van der Waals surface area (Å²) in [6, 6.07) is 7.34. The highest BCUT2D eigenvalue weighted by Gasteiger charge is 2.20. The molecule has 1 aromatic rings. The molecule has 0 radical (unpaired) electrons. The van der Waals surface area contributed by atoms with E-state index in [2.05, 4.69) is 4.85 Å². The minimum atomic E-state index is 0.176. The highest BCUT2D eigenvalue weighted by atomic mass is 16.5. The summed E-state index contributed by atoms with van der Waals surface area (Å²) in [7, 11) is 0. The minimum Gasteiger partial charge on any atom is -0.491 e. The average molecular weight is 241 g/mol. The van der Waals surface area contributed by atoms with E-state index in [0.29, 0.717) is 23.0 Å². The van der Waals surface area contributed by atoms with Gasteiger partial charge in [-0.3, -0.25) is 0 Å². The minimum absolute atomic E-state index is 0.176. The summed E-state index contributed by atoms with van der Waals surface area (Å²) in [6.45, 7) is 6.95. The first-order valence-electron chi connectivity index (χ1n) is 6.07. The lowest BCUT2D eigenvalue weighted by Crippen LogP contribution is -2.31. The lowest BCUT2D eigenvalue weighted by molar-refractivity contribution is 0.147. The summed E-state index contributed by atoms with van der Waals surface area (Å²) < 4.78 is 5.84. The van der Waals surface area contributed by atoms with Crippen molar-refractivity contribution in [1.82, 2.24) is 0 Å². The number of nitrogens with zero attached hydrogens (tertiary/aromatic N) is 2. The quantitative estimate of drug-likeness (QED) is 0.810. The first-order valence-corrected chi connectivity index (χ1v) is 6.07. The maximum absolute atomic E-state index is 8.95. The molecule has 1 aliphatic carbocycles. The van der Waals surface area contributed by atoms with Gasteiger partial charge in [0.2, 0.25) is 5.69 Å². The van der Waals surface area contributed by atoms with E-state index < -0.39 is 0 Å². The van der Waals surface area contributed by atoms with Gasteiger partial charge in [0, 0.05) is 6.04 Å². The van der Waals surface area contributed by atoms with Crippen molar-refractivity contribution in [3.8, 4) is 11.8 Å². The van der Waals surface area contributed by atoms with Gasteiger partial charge in [0.05, 0.1) is 24.3 Å². The van der Waals surface area contributed by atoms with Crippen molar-refractivity contribution in [2.75, 3.05) is 0 Å². The predicted molar refractivity (Wildman–Crippen MR) is 68.3 cm³/mol. The van der Waals surface area contributed by atoms with Gasteiger partial charge in [0.25, 0.3) is 0 Å². The molecule has 1 aromatic carbocycles. The fourth-order valence-electron chi connectivity index (χ4n) is 2.17. The van der Waals surface area contributed by atoms with Crippen molar-refractivity contribution in [2.45, 2.75) is 37.8 Å². The van der Waals surface area contributed by atoms with Crippen molar-refractivity contribution in [3.05, 3.63) is 35.2 Å². The standard InChI is InChI=1S/C14H15N3O/c1-17-14-7-6-13(8-10(14)9-15)18-12-4-2-11(16)3-5-12/h6-8,11-12H,2-5,16H2. The molecule has 1 saturated carbocycles. The molecule has 4 nitrogen and oxygen atoms in total. The van der Waals surface area contributed by atoms with Crippen LogP contribution in [0.15, 0.2) is 18.2 Å². The zero-order chi connectivity index (χ0) is 13.0. The Bertz CT molecular complexity index is 505. The largest absolute Gasteiger partial charge is 0.491 e. The number of hydrogen-bond donors (Lipinski definition) is 1. The first-order chi connectivity index (χ1) is 8.72. The highest BCUT2D eigenvalue weighted by molar-refractivity contribution is 5.60. The van der Waals surface area contributed by atoms with Crippen molar-refractivity contribution >= 4 is 5.69 Å². The van der Waals surface area contributed by atoms with E-state index in [1.54, 1.807) is 18.2 Å². The Labute approximate surface area is 107 Å². The van der Waals surface area contributed by atoms with Gasteiger partial charge in [-0.05, 0) is 37.8 Å². The molecule has 0 atom stereocenters. The fourth-order valence-corrected chi connectivity index (χ4v) is 2.17. The molecule has 0 amide bonds. The second kappa shape index (κ2) is 5.53. The molecule has 1 aliphatic rings. The van der Waals surface area contributed by atoms with Crippen LogP contribution in [0.1, 0.15) is 31.2 Å². The zero-order valence-corrected chi connectivity index (χ0v) is 10.1. The molecule has 1 fully saturated rings. The highest BCUT2D eigenvalue weighted by Crippen LogP contribution is 2.27. The van der Waals surface area contributed by atoms with Gasteiger partial charge in [0.1, 0.15) is 5.75 Å². The lowest BCUT2D eigenvalue weighted by Gasteiger charge is -2.26. The SMILES string of the molecule is [C-]#[N+]c1ccc(OC2CCC(N)CC2)cc1C#N. The van der Waals surface area contributed by atoms with Crippen LogP contribution < -0.4 is 10.5 Å². The Morgan fingerprint density at radius 2 is 2.06 bits per heavy atom. The summed E-state index contributed by atoms with van der Waals surface area (Å²) in [5, 5.41) is 8.95. The number of hydrogen-bond acceptors (Lipinski definition) is 3. The van der Waals surface area contributed by atoms with E-state index in [9.17, 15) is 0 Å². The summed E-state index contributed by atoms with van der Waals surface area (Å²) in [4.78, 5) is 3.29. The Balaban J connectivity index is 2.07. The molecule has 0 heterocycles. The number of benzene rings is 1. The molecule has 2 rings (SSSR count). The van der Waals surface area contributed by atoms with Crippen molar-refractivity contribution < 1.29 is 4.74 Å². The van der Waals surface area contributed by atoms with E-state index in [1.807, 2.05) is 6.07 Å². The molecule has 0 saturated heterocycles. The van der Waals surface area contributed by atoms with Crippen LogP contribution in [-0.4, -0.2) is 12.1 Å². The van der Waals surface area contributed by atoms with Crippen molar-refractivity contribution in [2.24, 2.45) is 5.73 Å². The van der Waals surface area contributed by atoms with E-state index >= 15 is 0 Å². The maximum Gasteiger partial charge on any atom is 0.204 e. The number of nitrogens with two attached hydrogens (primary N) is 1. The van der Waals surface area contributed by atoms with Gasteiger partial charge >= 0.3 is 0 Å². The molecule has 0 aliphatic heterocycles. The molecule has 92 valence electrons.